The predicted octanol–water partition coefficient (Wildman–Crippen LogP) is -0.349. The molecule has 2 N–H and O–H groups in total. The molecular weight excluding hydrogens is 344 g/mol. The van der Waals surface area contributed by atoms with Crippen molar-refractivity contribution in [2.24, 2.45) is 0 Å². The first-order chi connectivity index (χ1) is 11.6. The van der Waals surface area contributed by atoms with Gasteiger partial charge >= 0.3 is 0 Å². The molecule has 1 aromatic carbocycles. The number of rotatable bonds is 4. The number of benzene rings is 1. The fraction of sp³-hybridized carbons (Fsp3) is 0.471. The van der Waals surface area contributed by atoms with Crippen LogP contribution in [0.25, 0.3) is 0 Å². The lowest BCUT2D eigenvalue weighted by Gasteiger charge is -2.32. The summed E-state index contributed by atoms with van der Waals surface area (Å²) >= 11 is 1.48. The third-order valence-corrected chi connectivity index (χ3v) is 6.11. The number of aliphatic carboxylic acids is 1. The highest BCUT2D eigenvalue weighted by Crippen LogP contribution is 2.56. The molecule has 2 amide bonds. The van der Waals surface area contributed by atoms with Crippen LogP contribution in [0.5, 0.6) is 0 Å². The summed E-state index contributed by atoms with van der Waals surface area (Å²) in [5, 5.41) is 22.7. The molecule has 2 aliphatic heterocycles. The van der Waals surface area contributed by atoms with Gasteiger partial charge in [-0.1, -0.05) is 18.2 Å². The number of amides is 2. The van der Waals surface area contributed by atoms with Gasteiger partial charge in [0, 0.05) is 10.3 Å². The zero-order valence-electron chi connectivity index (χ0n) is 14.1. The van der Waals surface area contributed by atoms with Crippen molar-refractivity contribution < 1.29 is 24.6 Å². The lowest BCUT2D eigenvalue weighted by atomic mass is 10.00. The molecule has 134 valence electrons. The van der Waals surface area contributed by atoms with E-state index < -0.39 is 34.8 Å². The van der Waals surface area contributed by atoms with Crippen LogP contribution in [-0.4, -0.2) is 50.7 Å². The quantitative estimate of drug-likeness (QED) is 0.757. The van der Waals surface area contributed by atoms with E-state index in [-0.39, 0.29) is 11.3 Å². The van der Waals surface area contributed by atoms with Crippen molar-refractivity contribution in [3.63, 3.8) is 0 Å². The molecule has 1 saturated heterocycles. The van der Waals surface area contributed by atoms with Crippen molar-refractivity contribution in [2.75, 3.05) is 0 Å². The Kier molecular flexibility index (Phi) is 4.28. The standard InChI is InChI=1S/C17H20N2O5S/c1-8(20)11(16(23)24)18-13(21)12-17(2,3)25-15-10-7-5-4-6-9(10)14(22)19(12)15/h4-8,11-12,15,20H,1-3H3,(H,18,21)(H,23,24)/p-1/t8-,11-,12-,15-/m1/s1. The van der Waals surface area contributed by atoms with Gasteiger partial charge in [0.05, 0.1) is 18.1 Å². The molecule has 0 saturated carbocycles. The van der Waals surface area contributed by atoms with Crippen LogP contribution < -0.4 is 10.4 Å². The highest BCUT2D eigenvalue weighted by molar-refractivity contribution is 8.01. The summed E-state index contributed by atoms with van der Waals surface area (Å²) in [6, 6.07) is 4.80. The van der Waals surface area contributed by atoms with Crippen molar-refractivity contribution in [3.8, 4) is 0 Å². The van der Waals surface area contributed by atoms with Crippen LogP contribution >= 0.6 is 11.8 Å². The molecule has 7 nitrogen and oxygen atoms in total. The molecule has 0 bridgehead atoms. The van der Waals surface area contributed by atoms with Crippen molar-refractivity contribution in [1.29, 1.82) is 0 Å². The smallest absolute Gasteiger partial charge is 0.256 e. The number of carbonyl (C=O) groups is 3. The molecule has 4 atom stereocenters. The van der Waals surface area contributed by atoms with Gasteiger partial charge in [-0.15, -0.1) is 11.8 Å². The van der Waals surface area contributed by atoms with E-state index in [1.54, 1.807) is 12.1 Å². The molecule has 0 radical (unpaired) electrons. The van der Waals surface area contributed by atoms with Gasteiger partial charge in [0.1, 0.15) is 11.4 Å². The van der Waals surface area contributed by atoms with Crippen LogP contribution in [-0.2, 0) is 9.59 Å². The lowest BCUT2D eigenvalue weighted by Crippen LogP contribution is -2.60. The van der Waals surface area contributed by atoms with Crippen molar-refractivity contribution in [2.45, 2.75) is 49.1 Å². The third-order valence-electron chi connectivity index (χ3n) is 4.58. The Bertz CT molecular complexity index is 748. The second kappa shape index (κ2) is 6.03. The van der Waals surface area contributed by atoms with Crippen molar-refractivity contribution >= 4 is 29.5 Å². The molecule has 0 unspecified atom stereocenters. The maximum atomic E-state index is 12.8. The number of thioether (sulfide) groups is 1. The second-order valence-electron chi connectivity index (χ2n) is 6.82. The highest BCUT2D eigenvalue weighted by Gasteiger charge is 2.57. The molecule has 25 heavy (non-hydrogen) atoms. The minimum Gasteiger partial charge on any atom is -0.548 e. The van der Waals surface area contributed by atoms with E-state index in [9.17, 15) is 24.6 Å². The van der Waals surface area contributed by atoms with E-state index in [1.807, 2.05) is 26.0 Å². The molecule has 2 heterocycles. The summed E-state index contributed by atoms with van der Waals surface area (Å²) in [7, 11) is 0. The molecule has 0 aromatic heterocycles. The Morgan fingerprint density at radius 2 is 2.00 bits per heavy atom. The van der Waals surface area contributed by atoms with Gasteiger partial charge in [0.2, 0.25) is 5.91 Å². The molecule has 8 heteroatoms. The second-order valence-corrected chi connectivity index (χ2v) is 8.56. The Morgan fingerprint density at radius 3 is 2.60 bits per heavy atom. The van der Waals surface area contributed by atoms with Crippen LogP contribution in [0.4, 0.5) is 0 Å². The van der Waals surface area contributed by atoms with Crippen molar-refractivity contribution in [1.82, 2.24) is 10.2 Å². The predicted molar refractivity (Wildman–Crippen MR) is 89.4 cm³/mol. The minimum absolute atomic E-state index is 0.249. The summed E-state index contributed by atoms with van der Waals surface area (Å²) in [5.41, 5.74) is 1.41. The largest absolute Gasteiger partial charge is 0.548 e. The number of aliphatic hydroxyl groups excluding tert-OH is 1. The van der Waals surface area contributed by atoms with E-state index in [0.717, 1.165) is 5.56 Å². The van der Waals surface area contributed by atoms with E-state index in [1.165, 1.54) is 23.6 Å². The van der Waals surface area contributed by atoms with Crippen LogP contribution in [0.2, 0.25) is 0 Å². The zero-order chi connectivity index (χ0) is 18.5. The zero-order valence-corrected chi connectivity index (χ0v) is 14.9. The summed E-state index contributed by atoms with van der Waals surface area (Å²) in [4.78, 5) is 38.2. The molecule has 0 aliphatic carbocycles. The number of hydrogen-bond donors (Lipinski definition) is 2. The summed E-state index contributed by atoms with van der Waals surface area (Å²) in [6.45, 7) is 4.94. The Labute approximate surface area is 149 Å². The van der Waals surface area contributed by atoms with Gasteiger partial charge in [0.25, 0.3) is 5.91 Å². The number of nitrogens with one attached hydrogen (secondary N) is 1. The topological polar surface area (TPSA) is 110 Å². The number of carboxylic acid groups (broad SMARTS) is 1. The number of nitrogens with zero attached hydrogens (tertiary/aromatic N) is 1. The van der Waals surface area contributed by atoms with Crippen LogP contribution in [0.15, 0.2) is 24.3 Å². The summed E-state index contributed by atoms with van der Waals surface area (Å²) in [5.74, 6) is -2.43. The average Bonchev–Trinajstić information content (AvgIpc) is 2.95. The average molecular weight is 363 g/mol. The molecule has 2 aliphatic rings. The van der Waals surface area contributed by atoms with E-state index in [0.29, 0.717) is 5.56 Å². The van der Waals surface area contributed by atoms with Gasteiger partial charge in [-0.05, 0) is 32.4 Å². The fourth-order valence-electron chi connectivity index (χ4n) is 3.41. The summed E-state index contributed by atoms with van der Waals surface area (Å²) in [6.07, 6.45) is -1.31. The minimum atomic E-state index is -1.57. The van der Waals surface area contributed by atoms with Gasteiger partial charge in [-0.2, -0.15) is 0 Å². The molecule has 0 spiro atoms. The normalized spacial score (nSPS) is 25.9. The first kappa shape index (κ1) is 17.8. The first-order valence-corrected chi connectivity index (χ1v) is 8.82. The van der Waals surface area contributed by atoms with Gasteiger partial charge in [0.15, 0.2) is 0 Å². The fourth-order valence-corrected chi connectivity index (χ4v) is 5.00. The van der Waals surface area contributed by atoms with Crippen molar-refractivity contribution in [3.05, 3.63) is 35.4 Å². The monoisotopic (exact) mass is 363 g/mol. The number of aliphatic hydroxyl groups is 1. The van der Waals surface area contributed by atoms with E-state index in [4.69, 9.17) is 0 Å². The molecule has 1 aromatic rings. The van der Waals surface area contributed by atoms with Gasteiger partial charge in [-0.3, -0.25) is 9.59 Å². The van der Waals surface area contributed by atoms with Gasteiger partial charge < -0.3 is 25.2 Å². The highest BCUT2D eigenvalue weighted by atomic mass is 32.2. The third kappa shape index (κ3) is 2.79. The maximum absolute atomic E-state index is 12.8. The number of carboxylic acids is 1. The van der Waals surface area contributed by atoms with Crippen LogP contribution in [0, 0.1) is 0 Å². The maximum Gasteiger partial charge on any atom is 0.256 e. The Morgan fingerprint density at radius 1 is 1.36 bits per heavy atom. The molecule has 3 rings (SSSR count). The van der Waals surface area contributed by atoms with Gasteiger partial charge in [-0.25, -0.2) is 0 Å². The van der Waals surface area contributed by atoms with E-state index in [2.05, 4.69) is 5.32 Å². The lowest BCUT2D eigenvalue weighted by molar-refractivity contribution is -0.310. The SMILES string of the molecule is C[C@@H](O)[C@@H](NC(=O)[C@H]1N2C(=O)c3ccccc3[C@H]2SC1(C)C)C(=O)[O-]. The molecule has 1 fully saturated rings. The van der Waals surface area contributed by atoms with Crippen LogP contribution in [0.1, 0.15) is 42.1 Å². The molecular formula is C17H19N2O5S-. The number of fused-ring (bicyclic) bond motifs is 3. The Hall–Kier alpha value is -2.06. The summed E-state index contributed by atoms with van der Waals surface area (Å²) < 4.78 is -0.618. The first-order valence-electron chi connectivity index (χ1n) is 7.94. The number of hydrogen-bond acceptors (Lipinski definition) is 6. The Balaban J connectivity index is 1.93. The number of carbonyl (C=O) groups excluding carboxylic acids is 3. The van der Waals surface area contributed by atoms with E-state index >= 15 is 0 Å². The van der Waals surface area contributed by atoms with Crippen LogP contribution in [0.3, 0.4) is 0 Å².